The summed E-state index contributed by atoms with van der Waals surface area (Å²) in [5, 5.41) is 2.68. The number of hydrogen-bond acceptors (Lipinski definition) is 4. The molecule has 1 aromatic rings. The maximum Gasteiger partial charge on any atom is 0.407 e. The molecule has 0 unspecified atom stereocenters. The van der Waals surface area contributed by atoms with Crippen LogP contribution in [0.3, 0.4) is 0 Å². The van der Waals surface area contributed by atoms with E-state index < -0.39 is 11.7 Å². The molecule has 0 aromatic carbocycles. The summed E-state index contributed by atoms with van der Waals surface area (Å²) in [5.74, 6) is 0. The number of rotatable bonds is 4. The Morgan fingerprint density at radius 3 is 2.74 bits per heavy atom. The van der Waals surface area contributed by atoms with Crippen LogP contribution in [-0.2, 0) is 4.74 Å². The van der Waals surface area contributed by atoms with Gasteiger partial charge in [0.15, 0.2) is 0 Å². The minimum absolute atomic E-state index is 0.399. The Kier molecular flexibility index (Phi) is 5.95. The van der Waals surface area contributed by atoms with Gasteiger partial charge >= 0.3 is 6.09 Å². The van der Waals surface area contributed by atoms with Crippen molar-refractivity contribution in [2.45, 2.75) is 32.8 Å². The molecular formula is C13H18BrN3O2. The lowest BCUT2D eigenvalue weighted by atomic mass is 10.2. The molecule has 0 aliphatic carbocycles. The third kappa shape index (κ3) is 7.56. The highest BCUT2D eigenvalue weighted by molar-refractivity contribution is 9.10. The molecule has 5 nitrogen and oxygen atoms in total. The molecule has 0 fully saturated rings. The second-order valence-corrected chi connectivity index (χ2v) is 5.70. The number of hydrogen-bond donors (Lipinski definition) is 1. The highest BCUT2D eigenvalue weighted by atomic mass is 79.9. The van der Waals surface area contributed by atoms with Crippen LogP contribution >= 0.6 is 15.9 Å². The van der Waals surface area contributed by atoms with Gasteiger partial charge in [-0.2, -0.15) is 0 Å². The first-order valence-corrected chi connectivity index (χ1v) is 6.77. The van der Waals surface area contributed by atoms with E-state index in [-0.39, 0.29) is 0 Å². The Balaban J connectivity index is 2.24. The van der Waals surface area contributed by atoms with Crippen LogP contribution in [0.4, 0.5) is 4.79 Å². The standard InChI is InChI=1S/C13H18BrN3O2/c1-13(2,3)19-12(18)15-7-5-4-6-10-8-17-11(14)9-16-10/h4,6,8-9H,5,7H2,1-3H3,(H,15,18). The topological polar surface area (TPSA) is 64.1 Å². The largest absolute Gasteiger partial charge is 0.444 e. The Morgan fingerprint density at radius 2 is 2.16 bits per heavy atom. The van der Waals surface area contributed by atoms with Gasteiger partial charge in [-0.1, -0.05) is 6.08 Å². The molecule has 0 atom stereocenters. The Labute approximate surface area is 121 Å². The minimum atomic E-state index is -0.465. The van der Waals surface area contributed by atoms with Crippen molar-refractivity contribution in [1.29, 1.82) is 0 Å². The van der Waals surface area contributed by atoms with Crippen molar-refractivity contribution in [3.63, 3.8) is 0 Å². The molecule has 0 bridgehead atoms. The van der Waals surface area contributed by atoms with E-state index in [4.69, 9.17) is 4.74 Å². The van der Waals surface area contributed by atoms with Crippen molar-refractivity contribution in [3.05, 3.63) is 28.8 Å². The van der Waals surface area contributed by atoms with Gasteiger partial charge in [-0.05, 0) is 49.2 Å². The third-order valence-electron chi connectivity index (χ3n) is 1.91. The zero-order valence-corrected chi connectivity index (χ0v) is 12.9. The second kappa shape index (κ2) is 7.23. The van der Waals surface area contributed by atoms with Gasteiger partial charge in [-0.3, -0.25) is 4.98 Å². The fourth-order valence-electron chi connectivity index (χ4n) is 1.18. The molecule has 1 heterocycles. The number of nitrogens with one attached hydrogen (secondary N) is 1. The summed E-state index contributed by atoms with van der Waals surface area (Å²) in [6.07, 6.45) is 7.40. The van der Waals surface area contributed by atoms with E-state index in [0.717, 1.165) is 5.69 Å². The van der Waals surface area contributed by atoms with Gasteiger partial charge in [0.2, 0.25) is 0 Å². The fraction of sp³-hybridized carbons (Fsp3) is 0.462. The maximum absolute atomic E-state index is 11.3. The number of carbonyl (C=O) groups excluding carboxylic acids is 1. The van der Waals surface area contributed by atoms with Crippen molar-refractivity contribution < 1.29 is 9.53 Å². The molecular weight excluding hydrogens is 310 g/mol. The van der Waals surface area contributed by atoms with Crippen LogP contribution < -0.4 is 5.32 Å². The van der Waals surface area contributed by atoms with Crippen molar-refractivity contribution in [3.8, 4) is 0 Å². The van der Waals surface area contributed by atoms with Crippen LogP contribution in [0.5, 0.6) is 0 Å². The molecule has 1 amide bonds. The molecule has 1 rings (SSSR count). The first-order valence-electron chi connectivity index (χ1n) is 5.98. The Morgan fingerprint density at radius 1 is 1.42 bits per heavy atom. The van der Waals surface area contributed by atoms with Gasteiger partial charge in [-0.25, -0.2) is 9.78 Å². The second-order valence-electron chi connectivity index (χ2n) is 4.88. The number of ether oxygens (including phenoxy) is 1. The molecule has 0 spiro atoms. The lowest BCUT2D eigenvalue weighted by Gasteiger charge is -2.19. The number of alkyl carbamates (subject to hydrolysis) is 1. The zero-order chi connectivity index (χ0) is 14.3. The Hall–Kier alpha value is -1.43. The predicted octanol–water partition coefficient (Wildman–Crippen LogP) is 3.17. The average Bonchev–Trinajstić information content (AvgIpc) is 2.29. The van der Waals surface area contributed by atoms with Gasteiger partial charge in [-0.15, -0.1) is 0 Å². The number of aromatic nitrogens is 2. The summed E-state index contributed by atoms with van der Waals surface area (Å²) < 4.78 is 5.82. The quantitative estimate of drug-likeness (QED) is 0.862. The molecule has 0 aliphatic heterocycles. The number of halogens is 1. The van der Waals surface area contributed by atoms with E-state index >= 15 is 0 Å². The zero-order valence-electron chi connectivity index (χ0n) is 11.3. The fourth-order valence-corrected chi connectivity index (χ4v) is 1.39. The predicted molar refractivity (Wildman–Crippen MR) is 77.6 cm³/mol. The van der Waals surface area contributed by atoms with Gasteiger partial charge in [0.25, 0.3) is 0 Å². The van der Waals surface area contributed by atoms with Crippen LogP contribution in [0.25, 0.3) is 6.08 Å². The van der Waals surface area contributed by atoms with E-state index in [9.17, 15) is 4.79 Å². The van der Waals surface area contributed by atoms with Crippen LogP contribution in [-0.4, -0.2) is 28.2 Å². The molecule has 0 aliphatic rings. The molecule has 6 heteroatoms. The molecule has 0 radical (unpaired) electrons. The van der Waals surface area contributed by atoms with Gasteiger partial charge in [0.1, 0.15) is 10.2 Å². The van der Waals surface area contributed by atoms with E-state index in [1.807, 2.05) is 32.9 Å². The van der Waals surface area contributed by atoms with Gasteiger partial charge in [0.05, 0.1) is 18.1 Å². The summed E-state index contributed by atoms with van der Waals surface area (Å²) >= 11 is 3.22. The number of nitrogens with zero attached hydrogens (tertiary/aromatic N) is 2. The maximum atomic E-state index is 11.3. The van der Waals surface area contributed by atoms with Crippen LogP contribution in [0.15, 0.2) is 23.1 Å². The Bertz CT molecular complexity index is 438. The van der Waals surface area contributed by atoms with Crippen LogP contribution in [0, 0.1) is 0 Å². The minimum Gasteiger partial charge on any atom is -0.444 e. The van der Waals surface area contributed by atoms with E-state index in [1.165, 1.54) is 0 Å². The monoisotopic (exact) mass is 327 g/mol. The average molecular weight is 328 g/mol. The van der Waals surface area contributed by atoms with Crippen molar-refractivity contribution >= 4 is 28.1 Å². The van der Waals surface area contributed by atoms with Crippen LogP contribution in [0.2, 0.25) is 0 Å². The number of amides is 1. The summed E-state index contributed by atoms with van der Waals surface area (Å²) in [7, 11) is 0. The third-order valence-corrected chi connectivity index (χ3v) is 2.32. The van der Waals surface area contributed by atoms with Gasteiger partial charge < -0.3 is 10.1 Å². The van der Waals surface area contributed by atoms with Crippen molar-refractivity contribution in [2.75, 3.05) is 6.54 Å². The highest BCUT2D eigenvalue weighted by Gasteiger charge is 2.14. The first kappa shape index (κ1) is 15.6. The van der Waals surface area contributed by atoms with Gasteiger partial charge in [0, 0.05) is 6.54 Å². The summed E-state index contributed by atoms with van der Waals surface area (Å²) in [6, 6.07) is 0. The lowest BCUT2D eigenvalue weighted by molar-refractivity contribution is 0.0529. The molecule has 0 saturated heterocycles. The first-order chi connectivity index (χ1) is 8.87. The number of carbonyl (C=O) groups is 1. The highest BCUT2D eigenvalue weighted by Crippen LogP contribution is 2.06. The van der Waals surface area contributed by atoms with E-state index in [0.29, 0.717) is 17.6 Å². The molecule has 104 valence electrons. The molecule has 1 aromatic heterocycles. The summed E-state index contributed by atoms with van der Waals surface area (Å²) in [6.45, 7) is 6.02. The van der Waals surface area contributed by atoms with E-state index in [2.05, 4.69) is 31.2 Å². The summed E-state index contributed by atoms with van der Waals surface area (Å²) in [5.41, 5.74) is 0.313. The van der Waals surface area contributed by atoms with Crippen LogP contribution in [0.1, 0.15) is 32.9 Å². The summed E-state index contributed by atoms with van der Waals surface area (Å²) in [4.78, 5) is 19.6. The molecule has 19 heavy (non-hydrogen) atoms. The molecule has 1 N–H and O–H groups in total. The lowest BCUT2D eigenvalue weighted by Crippen LogP contribution is -2.32. The van der Waals surface area contributed by atoms with E-state index in [1.54, 1.807) is 12.4 Å². The normalized spacial score (nSPS) is 11.6. The molecule has 0 saturated carbocycles. The van der Waals surface area contributed by atoms with Crippen molar-refractivity contribution in [2.24, 2.45) is 0 Å². The smallest absolute Gasteiger partial charge is 0.407 e. The SMILES string of the molecule is CC(C)(C)OC(=O)NCCC=Cc1cnc(Br)cn1. The van der Waals surface area contributed by atoms with Crippen molar-refractivity contribution in [1.82, 2.24) is 15.3 Å².